The first-order valence-corrected chi connectivity index (χ1v) is 4.38. The van der Waals surface area contributed by atoms with Gasteiger partial charge in [-0.25, -0.2) is 8.78 Å². The number of rotatable bonds is 2. The van der Waals surface area contributed by atoms with Gasteiger partial charge in [0, 0.05) is 10.5 Å². The van der Waals surface area contributed by atoms with Crippen LogP contribution in [-0.2, 0) is 0 Å². The molecule has 0 saturated heterocycles. The SMILES string of the molecule is C=C[C@H](N)c1cc(F)c(F)cc1Br. The normalized spacial score (nSPS) is 12.6. The highest BCUT2D eigenvalue weighted by molar-refractivity contribution is 9.10. The average molecular weight is 248 g/mol. The lowest BCUT2D eigenvalue weighted by Crippen LogP contribution is -2.08. The molecule has 1 nitrogen and oxygen atoms in total. The molecule has 0 radical (unpaired) electrons. The van der Waals surface area contributed by atoms with Gasteiger partial charge in [-0.1, -0.05) is 22.0 Å². The van der Waals surface area contributed by atoms with E-state index in [4.69, 9.17) is 5.73 Å². The Hall–Kier alpha value is -0.740. The van der Waals surface area contributed by atoms with Gasteiger partial charge in [0.15, 0.2) is 11.6 Å². The quantitative estimate of drug-likeness (QED) is 0.632. The van der Waals surface area contributed by atoms with Crippen molar-refractivity contribution in [3.63, 3.8) is 0 Å². The lowest BCUT2D eigenvalue weighted by atomic mass is 10.1. The van der Waals surface area contributed by atoms with E-state index in [1.54, 1.807) is 0 Å². The third-order valence-corrected chi connectivity index (χ3v) is 2.34. The zero-order valence-electron chi connectivity index (χ0n) is 6.73. The second kappa shape index (κ2) is 3.98. The summed E-state index contributed by atoms with van der Waals surface area (Å²) in [7, 11) is 0. The fourth-order valence-electron chi connectivity index (χ4n) is 0.920. The molecule has 4 heteroatoms. The molecule has 13 heavy (non-hydrogen) atoms. The third-order valence-electron chi connectivity index (χ3n) is 1.65. The molecule has 0 aromatic heterocycles. The Morgan fingerprint density at radius 2 is 1.92 bits per heavy atom. The number of halogens is 3. The minimum absolute atomic E-state index is 0.443. The third kappa shape index (κ3) is 2.14. The summed E-state index contributed by atoms with van der Waals surface area (Å²) < 4.78 is 25.9. The maximum atomic E-state index is 12.8. The second-order valence-corrected chi connectivity index (χ2v) is 3.40. The smallest absolute Gasteiger partial charge is 0.159 e. The maximum absolute atomic E-state index is 12.8. The largest absolute Gasteiger partial charge is 0.321 e. The molecule has 1 atom stereocenters. The number of nitrogens with two attached hydrogens (primary N) is 1. The van der Waals surface area contributed by atoms with Crippen molar-refractivity contribution in [3.8, 4) is 0 Å². The molecule has 1 aromatic rings. The van der Waals surface area contributed by atoms with Gasteiger partial charge in [0.2, 0.25) is 0 Å². The Morgan fingerprint density at radius 3 is 2.46 bits per heavy atom. The molecule has 0 unspecified atom stereocenters. The highest BCUT2D eigenvalue weighted by Gasteiger charge is 2.11. The predicted molar refractivity (Wildman–Crippen MR) is 51.2 cm³/mol. The fraction of sp³-hybridized carbons (Fsp3) is 0.111. The number of hydrogen-bond donors (Lipinski definition) is 1. The molecule has 0 spiro atoms. The van der Waals surface area contributed by atoms with Gasteiger partial charge in [0.1, 0.15) is 0 Å². The van der Waals surface area contributed by atoms with E-state index < -0.39 is 17.7 Å². The van der Waals surface area contributed by atoms with Crippen LogP contribution in [0.5, 0.6) is 0 Å². The van der Waals surface area contributed by atoms with Gasteiger partial charge < -0.3 is 5.73 Å². The van der Waals surface area contributed by atoms with Crippen molar-refractivity contribution in [2.45, 2.75) is 6.04 Å². The van der Waals surface area contributed by atoms with Crippen LogP contribution in [0.15, 0.2) is 29.3 Å². The van der Waals surface area contributed by atoms with E-state index in [-0.39, 0.29) is 0 Å². The Balaban J connectivity index is 3.22. The van der Waals surface area contributed by atoms with Crippen LogP contribution in [0.2, 0.25) is 0 Å². The van der Waals surface area contributed by atoms with Crippen molar-refractivity contribution in [1.29, 1.82) is 0 Å². The predicted octanol–water partition coefficient (Wildman–Crippen LogP) is 2.91. The molecule has 0 aliphatic heterocycles. The summed E-state index contributed by atoms with van der Waals surface area (Å²) in [5.41, 5.74) is 6.06. The van der Waals surface area contributed by atoms with Crippen LogP contribution >= 0.6 is 15.9 Å². The van der Waals surface area contributed by atoms with Gasteiger partial charge in [-0.2, -0.15) is 0 Å². The van der Waals surface area contributed by atoms with Crippen molar-refractivity contribution >= 4 is 15.9 Å². The van der Waals surface area contributed by atoms with Crippen molar-refractivity contribution in [2.75, 3.05) is 0 Å². The second-order valence-electron chi connectivity index (χ2n) is 2.55. The van der Waals surface area contributed by atoms with Crippen LogP contribution in [0.3, 0.4) is 0 Å². The first-order chi connectivity index (χ1) is 6.06. The molecule has 0 heterocycles. The minimum atomic E-state index is -0.907. The molecular formula is C9H8BrF2N. The molecule has 1 aromatic carbocycles. The summed E-state index contributed by atoms with van der Waals surface area (Å²) in [6.45, 7) is 3.47. The van der Waals surface area contributed by atoms with Crippen LogP contribution in [0.1, 0.15) is 11.6 Å². The summed E-state index contributed by atoms with van der Waals surface area (Å²) in [6.07, 6.45) is 1.46. The van der Waals surface area contributed by atoms with Crippen molar-refractivity contribution in [3.05, 3.63) is 46.5 Å². The number of hydrogen-bond acceptors (Lipinski definition) is 1. The molecule has 0 saturated carbocycles. The van der Waals surface area contributed by atoms with Crippen molar-refractivity contribution < 1.29 is 8.78 Å². The molecule has 0 fully saturated rings. The van der Waals surface area contributed by atoms with Gasteiger partial charge in [-0.15, -0.1) is 6.58 Å². The van der Waals surface area contributed by atoms with Crippen LogP contribution in [0.4, 0.5) is 8.78 Å². The zero-order valence-corrected chi connectivity index (χ0v) is 8.31. The molecule has 1 rings (SSSR count). The minimum Gasteiger partial charge on any atom is -0.321 e. The molecule has 0 bridgehead atoms. The van der Waals surface area contributed by atoms with E-state index in [1.165, 1.54) is 6.08 Å². The molecule has 0 aliphatic rings. The van der Waals surface area contributed by atoms with E-state index in [0.29, 0.717) is 10.0 Å². The topological polar surface area (TPSA) is 26.0 Å². The lowest BCUT2D eigenvalue weighted by Gasteiger charge is -2.09. The Morgan fingerprint density at radius 1 is 1.38 bits per heavy atom. The van der Waals surface area contributed by atoms with E-state index in [1.807, 2.05) is 0 Å². The Labute approximate surface area is 83.4 Å². The van der Waals surface area contributed by atoms with E-state index in [2.05, 4.69) is 22.5 Å². The van der Waals surface area contributed by atoms with Gasteiger partial charge in [0.25, 0.3) is 0 Å². The monoisotopic (exact) mass is 247 g/mol. The summed E-state index contributed by atoms with van der Waals surface area (Å²) >= 11 is 3.09. The van der Waals surface area contributed by atoms with Gasteiger partial charge in [-0.3, -0.25) is 0 Å². The van der Waals surface area contributed by atoms with Crippen molar-refractivity contribution in [1.82, 2.24) is 0 Å². The van der Waals surface area contributed by atoms with E-state index >= 15 is 0 Å². The van der Waals surface area contributed by atoms with E-state index in [9.17, 15) is 8.78 Å². The standard InChI is InChI=1S/C9H8BrF2N/c1-2-9(13)5-3-7(11)8(12)4-6(5)10/h2-4,9H,1,13H2/t9-/m0/s1. The van der Waals surface area contributed by atoms with Gasteiger partial charge in [-0.05, 0) is 17.7 Å². The first-order valence-electron chi connectivity index (χ1n) is 3.59. The Bertz CT molecular complexity index is 339. The van der Waals surface area contributed by atoms with Crippen molar-refractivity contribution in [2.24, 2.45) is 5.73 Å². The summed E-state index contributed by atoms with van der Waals surface area (Å²) in [4.78, 5) is 0. The summed E-state index contributed by atoms with van der Waals surface area (Å²) in [6, 6.07) is 1.62. The molecule has 70 valence electrons. The highest BCUT2D eigenvalue weighted by atomic mass is 79.9. The Kier molecular flexibility index (Phi) is 3.17. The fourth-order valence-corrected chi connectivity index (χ4v) is 1.50. The summed E-state index contributed by atoms with van der Waals surface area (Å²) in [5, 5.41) is 0. The van der Waals surface area contributed by atoms with Crippen LogP contribution < -0.4 is 5.73 Å². The molecular weight excluding hydrogens is 240 g/mol. The lowest BCUT2D eigenvalue weighted by molar-refractivity contribution is 0.505. The average Bonchev–Trinajstić information content (AvgIpc) is 2.10. The highest BCUT2D eigenvalue weighted by Crippen LogP contribution is 2.25. The maximum Gasteiger partial charge on any atom is 0.159 e. The van der Waals surface area contributed by atoms with Crippen LogP contribution in [0.25, 0.3) is 0 Å². The van der Waals surface area contributed by atoms with Gasteiger partial charge >= 0.3 is 0 Å². The molecule has 2 N–H and O–H groups in total. The first kappa shape index (κ1) is 10.3. The van der Waals surface area contributed by atoms with Crippen LogP contribution in [0, 0.1) is 11.6 Å². The van der Waals surface area contributed by atoms with E-state index in [0.717, 1.165) is 12.1 Å². The molecule has 0 amide bonds. The van der Waals surface area contributed by atoms with Gasteiger partial charge in [0.05, 0.1) is 0 Å². The summed E-state index contributed by atoms with van der Waals surface area (Å²) in [5.74, 6) is -1.80. The molecule has 0 aliphatic carbocycles. The van der Waals surface area contributed by atoms with Crippen LogP contribution in [-0.4, -0.2) is 0 Å². The number of benzene rings is 1. The zero-order chi connectivity index (χ0) is 10.0.